The van der Waals surface area contributed by atoms with Gasteiger partial charge in [0.15, 0.2) is 0 Å². The van der Waals surface area contributed by atoms with E-state index in [1.807, 2.05) is 30.2 Å². The first kappa shape index (κ1) is 21.8. The summed E-state index contributed by atoms with van der Waals surface area (Å²) < 4.78 is -0.774. The molecule has 0 radical (unpaired) electrons. The minimum absolute atomic E-state index is 0.0114. The fourth-order valence-electron chi connectivity index (χ4n) is 4.49. The second-order valence-corrected chi connectivity index (χ2v) is 9.88. The van der Waals surface area contributed by atoms with Gasteiger partial charge in [0, 0.05) is 43.4 Å². The highest BCUT2D eigenvalue weighted by atomic mass is 32.1. The van der Waals surface area contributed by atoms with Crippen LogP contribution in [0.2, 0.25) is 0 Å². The lowest BCUT2D eigenvalue weighted by atomic mass is 9.90. The van der Waals surface area contributed by atoms with Crippen LogP contribution in [0, 0.1) is 0 Å². The first-order chi connectivity index (χ1) is 14.5. The van der Waals surface area contributed by atoms with E-state index in [-0.39, 0.29) is 5.91 Å². The second-order valence-electron chi connectivity index (χ2n) is 8.24. The van der Waals surface area contributed by atoms with Crippen molar-refractivity contribution in [2.24, 2.45) is 0 Å². The lowest BCUT2D eigenvalue weighted by Crippen LogP contribution is -2.49. The molecule has 1 aliphatic carbocycles. The third-order valence-electron chi connectivity index (χ3n) is 6.10. The summed E-state index contributed by atoms with van der Waals surface area (Å²) in [6, 6.07) is 5.55. The molecule has 4 rings (SSSR count). The summed E-state index contributed by atoms with van der Waals surface area (Å²) in [5, 5.41) is 12.2. The van der Waals surface area contributed by atoms with Crippen LogP contribution in [0.1, 0.15) is 73.2 Å². The van der Waals surface area contributed by atoms with Crippen molar-refractivity contribution in [2.45, 2.75) is 57.8 Å². The molecule has 162 valence electrons. The lowest BCUT2D eigenvalue weighted by molar-refractivity contribution is -0.0186. The quantitative estimate of drug-likeness (QED) is 0.325. The van der Waals surface area contributed by atoms with Crippen LogP contribution in [0.3, 0.4) is 0 Å². The summed E-state index contributed by atoms with van der Waals surface area (Å²) in [6.07, 6.45) is 10.3. The van der Waals surface area contributed by atoms with Crippen LogP contribution >= 0.6 is 24.2 Å². The maximum atomic E-state index is 12.9. The summed E-state index contributed by atoms with van der Waals surface area (Å²) in [6.45, 7) is 4.03. The van der Waals surface area contributed by atoms with Crippen LogP contribution in [0.25, 0.3) is 10.4 Å². The Kier molecular flexibility index (Phi) is 6.79. The molecule has 2 heterocycles. The molecule has 1 aliphatic heterocycles. The average Bonchev–Trinajstić information content (AvgIpc) is 3.46. The van der Waals surface area contributed by atoms with Gasteiger partial charge in [-0.2, -0.15) is 5.21 Å². The molecule has 2 fully saturated rings. The predicted octanol–water partition coefficient (Wildman–Crippen LogP) is 5.16. The average molecular weight is 448 g/mol. The molecule has 2 aromatic rings. The van der Waals surface area contributed by atoms with Crippen molar-refractivity contribution in [1.82, 2.24) is 19.5 Å². The molecule has 0 bridgehead atoms. The zero-order chi connectivity index (χ0) is 21.1. The van der Waals surface area contributed by atoms with Gasteiger partial charge in [0.05, 0.1) is 15.4 Å². The Labute approximate surface area is 188 Å². The van der Waals surface area contributed by atoms with Crippen LogP contribution in [0.5, 0.6) is 0 Å². The number of rotatable bonds is 6. The van der Waals surface area contributed by atoms with Crippen LogP contribution < -0.4 is 9.59 Å². The van der Waals surface area contributed by atoms with E-state index in [4.69, 9.17) is 4.98 Å². The smallest absolute Gasteiger partial charge is 0.254 e. The van der Waals surface area contributed by atoms with E-state index in [9.17, 15) is 10.0 Å². The van der Waals surface area contributed by atoms with E-state index in [2.05, 4.69) is 18.2 Å². The van der Waals surface area contributed by atoms with E-state index < -0.39 is 4.16 Å². The van der Waals surface area contributed by atoms with Gasteiger partial charge in [-0.05, 0) is 48.9 Å². The maximum absolute atomic E-state index is 12.9. The van der Waals surface area contributed by atoms with Crippen LogP contribution in [0.4, 0.5) is 5.69 Å². The molecule has 8 heteroatoms. The number of quaternary nitrogens is 1. The molecule has 1 aromatic heterocycles. The Hall–Kier alpha value is -1.45. The number of benzene rings is 1. The van der Waals surface area contributed by atoms with Crippen molar-refractivity contribution < 1.29 is 10.0 Å². The topological polar surface area (TPSA) is 65.5 Å². The third-order valence-corrected chi connectivity index (χ3v) is 7.65. The van der Waals surface area contributed by atoms with E-state index >= 15 is 0 Å². The molecular weight excluding hydrogens is 416 g/mol. The predicted molar refractivity (Wildman–Crippen MR) is 125 cm³/mol. The standard InChI is InChI=1S/C22H31N4O2S2/c1-2-24-26(28,29)19-14-17(22(27)25-12-6-7-13-25)10-11-18(19)20-15-23-21(30-20)16-8-4-3-5-9-16/h10-11,14-16,24,28-29H,2-9,12-13H2,1H3/q+1. The number of nitrogens with one attached hydrogen (secondary N) is 1. The molecule has 1 saturated heterocycles. The highest BCUT2D eigenvalue weighted by Gasteiger charge is 2.32. The summed E-state index contributed by atoms with van der Waals surface area (Å²) in [5.41, 5.74) is 4.95. The van der Waals surface area contributed by atoms with Crippen molar-refractivity contribution in [2.75, 3.05) is 19.6 Å². The molecule has 1 atom stereocenters. The molecule has 1 aromatic carbocycles. The fourth-order valence-corrected chi connectivity index (χ4v) is 5.92. The lowest BCUT2D eigenvalue weighted by Gasteiger charge is -2.24. The van der Waals surface area contributed by atoms with Gasteiger partial charge in [0.1, 0.15) is 12.8 Å². The Balaban J connectivity index is 1.69. The molecule has 2 aliphatic rings. The van der Waals surface area contributed by atoms with Crippen LogP contribution in [-0.4, -0.2) is 40.6 Å². The molecule has 1 saturated carbocycles. The normalized spacial score (nSPS) is 19.8. The molecule has 6 nitrogen and oxygen atoms in total. The van der Waals surface area contributed by atoms with Crippen molar-refractivity contribution >= 4 is 35.7 Å². The fraction of sp³-hybridized carbons (Fsp3) is 0.545. The zero-order valence-corrected chi connectivity index (χ0v) is 19.2. The van der Waals surface area contributed by atoms with E-state index in [1.165, 1.54) is 37.1 Å². The van der Waals surface area contributed by atoms with Gasteiger partial charge in [0.2, 0.25) is 5.69 Å². The molecule has 1 unspecified atom stereocenters. The van der Waals surface area contributed by atoms with E-state index in [0.29, 0.717) is 23.7 Å². The maximum Gasteiger partial charge on any atom is 0.254 e. The van der Waals surface area contributed by atoms with Crippen molar-refractivity contribution in [3.05, 3.63) is 35.0 Å². The van der Waals surface area contributed by atoms with Gasteiger partial charge >= 0.3 is 0 Å². The zero-order valence-electron chi connectivity index (χ0n) is 17.5. The van der Waals surface area contributed by atoms with Crippen LogP contribution in [-0.2, 0) is 0 Å². The summed E-state index contributed by atoms with van der Waals surface area (Å²) >= 11 is 6.14. The van der Waals surface area contributed by atoms with Gasteiger partial charge in [-0.1, -0.05) is 19.3 Å². The number of carbonyl (C=O) groups is 1. The molecule has 1 amide bonds. The van der Waals surface area contributed by atoms with E-state index in [1.54, 1.807) is 17.4 Å². The number of thiazole rings is 1. The van der Waals surface area contributed by atoms with E-state index in [0.717, 1.165) is 36.4 Å². The van der Waals surface area contributed by atoms with Crippen molar-refractivity contribution in [3.8, 4) is 10.4 Å². The number of hydrogen-bond acceptors (Lipinski definition) is 6. The number of nitrogens with zero attached hydrogens (tertiary/aromatic N) is 3. The van der Waals surface area contributed by atoms with Gasteiger partial charge in [-0.15, -0.1) is 16.8 Å². The number of hydrogen-bond donors (Lipinski definition) is 3. The minimum Gasteiger partial charge on any atom is -0.339 e. The SMILES string of the molecule is CCN[N+](O)(S)c1cc(C(=O)N2CCCC2)ccc1-c1cnc(C2CCCCC2)s1. The van der Waals surface area contributed by atoms with Gasteiger partial charge in [-0.25, -0.2) is 4.98 Å². The summed E-state index contributed by atoms with van der Waals surface area (Å²) in [7, 11) is 0. The highest BCUT2D eigenvalue weighted by Crippen LogP contribution is 2.42. The Morgan fingerprint density at radius 3 is 2.70 bits per heavy atom. The minimum atomic E-state index is -0.774. The Morgan fingerprint density at radius 1 is 1.27 bits per heavy atom. The van der Waals surface area contributed by atoms with Crippen LogP contribution in [0.15, 0.2) is 24.4 Å². The number of likely N-dealkylation sites (tertiary alicyclic amines) is 1. The number of carbonyl (C=O) groups excluding carboxylic acids is 1. The Bertz CT molecular complexity index is 887. The largest absolute Gasteiger partial charge is 0.339 e. The number of thiol groups is 1. The van der Waals surface area contributed by atoms with Gasteiger partial charge < -0.3 is 4.90 Å². The first-order valence-electron chi connectivity index (χ1n) is 11.0. The van der Waals surface area contributed by atoms with Gasteiger partial charge in [-0.3, -0.25) is 4.79 Å². The highest BCUT2D eigenvalue weighted by molar-refractivity contribution is 7.79. The summed E-state index contributed by atoms with van der Waals surface area (Å²) in [4.78, 5) is 20.5. The van der Waals surface area contributed by atoms with Crippen molar-refractivity contribution in [1.29, 1.82) is 0 Å². The molecule has 2 N–H and O–H groups in total. The van der Waals surface area contributed by atoms with Crippen molar-refractivity contribution in [3.63, 3.8) is 0 Å². The second kappa shape index (κ2) is 9.36. The third kappa shape index (κ3) is 4.57. The molecular formula is C22H31N4O2S2+. The number of amides is 1. The Morgan fingerprint density at radius 2 is 2.00 bits per heavy atom. The molecule has 0 spiro atoms. The number of aromatic nitrogens is 1. The summed E-state index contributed by atoms with van der Waals surface area (Å²) in [5.74, 6) is 0.549. The first-order valence-corrected chi connectivity index (χ1v) is 12.2. The monoisotopic (exact) mass is 447 g/mol. The van der Waals surface area contributed by atoms with Gasteiger partial charge in [0.25, 0.3) is 5.91 Å². The molecule has 30 heavy (non-hydrogen) atoms.